The van der Waals surface area contributed by atoms with E-state index in [1.54, 1.807) is 13.0 Å². The van der Waals surface area contributed by atoms with Crippen LogP contribution in [-0.4, -0.2) is 186 Å². The molecule has 1 aliphatic carbocycles. The zero-order chi connectivity index (χ0) is 37.1. The van der Waals surface area contributed by atoms with E-state index in [2.05, 4.69) is 10.6 Å². The molecule has 0 spiro atoms. The quantitative estimate of drug-likeness (QED) is 0.0893. The van der Waals surface area contributed by atoms with Crippen LogP contribution >= 0.6 is 0 Å². The van der Waals surface area contributed by atoms with Gasteiger partial charge >= 0.3 is 0 Å². The first kappa shape index (κ1) is 40.4. The van der Waals surface area contributed by atoms with Gasteiger partial charge in [-0.15, -0.1) is 0 Å². The van der Waals surface area contributed by atoms with Crippen molar-refractivity contribution in [1.29, 1.82) is 0 Å². The molecule has 0 bridgehead atoms. The number of nitrogens with one attached hydrogen (secondary N) is 2. The van der Waals surface area contributed by atoms with Gasteiger partial charge in [0.05, 0.1) is 31.4 Å². The van der Waals surface area contributed by atoms with Crippen LogP contribution in [0.5, 0.6) is 0 Å². The molecular weight excluding hydrogens is 680 g/mol. The second kappa shape index (κ2) is 17.6. The van der Waals surface area contributed by atoms with Crippen molar-refractivity contribution in [2.24, 2.45) is 0 Å². The molecule has 1 aromatic carbocycles. The van der Waals surface area contributed by atoms with Crippen LogP contribution in [0.2, 0.25) is 0 Å². The zero-order valence-electron chi connectivity index (χ0n) is 28.2. The number of ether oxygens (including phenoxy) is 5. The number of hydrogen-bond donors (Lipinski definition) is 13. The van der Waals surface area contributed by atoms with Crippen LogP contribution in [0, 0.1) is 0 Å². The van der Waals surface area contributed by atoms with E-state index in [9.17, 15) is 56.2 Å². The molecule has 3 heterocycles. The van der Waals surface area contributed by atoms with E-state index < -0.39 is 130 Å². The molecule has 4 aliphatic rings. The van der Waals surface area contributed by atoms with Crippen LogP contribution < -0.4 is 10.6 Å². The average Bonchev–Trinajstić information content (AvgIpc) is 3.13. The molecule has 0 aromatic heterocycles. The molecule has 0 radical (unpaired) electrons. The highest BCUT2D eigenvalue weighted by molar-refractivity contribution is 5.22. The van der Waals surface area contributed by atoms with Crippen molar-refractivity contribution in [2.45, 2.75) is 143 Å². The van der Waals surface area contributed by atoms with Gasteiger partial charge < -0.3 is 85.2 Å². The summed E-state index contributed by atoms with van der Waals surface area (Å²) in [5, 5.41) is 123. The van der Waals surface area contributed by atoms with Gasteiger partial charge in [0.1, 0.15) is 85.6 Å². The predicted octanol–water partition coefficient (Wildman–Crippen LogP) is -5.35. The van der Waals surface area contributed by atoms with Gasteiger partial charge in [-0.1, -0.05) is 43.3 Å². The number of hydrogen-bond acceptors (Lipinski definition) is 18. The summed E-state index contributed by atoms with van der Waals surface area (Å²) in [5.74, 6) is 0. The Balaban J connectivity index is 1.20. The maximum Gasteiger partial charge on any atom is 0.187 e. The number of aliphatic hydroxyl groups is 11. The molecular formula is C33H52N2O16. The van der Waals surface area contributed by atoms with E-state index in [1.807, 2.05) is 30.3 Å². The first-order chi connectivity index (χ1) is 24.3. The summed E-state index contributed by atoms with van der Waals surface area (Å²) < 4.78 is 28.8. The lowest BCUT2D eigenvalue weighted by Gasteiger charge is -2.49. The largest absolute Gasteiger partial charge is 0.394 e. The van der Waals surface area contributed by atoms with E-state index in [1.165, 1.54) is 6.92 Å². The molecule has 290 valence electrons. The first-order valence-electron chi connectivity index (χ1n) is 17.2. The Kier molecular flexibility index (Phi) is 13.9. The summed E-state index contributed by atoms with van der Waals surface area (Å²) >= 11 is 0. The lowest BCUT2D eigenvalue weighted by atomic mass is 9.85. The molecule has 3 saturated heterocycles. The maximum absolute atomic E-state index is 11.1. The summed E-state index contributed by atoms with van der Waals surface area (Å²) in [5.41, 5.74) is 1.35. The van der Waals surface area contributed by atoms with Crippen LogP contribution in [0.15, 0.2) is 42.0 Å². The van der Waals surface area contributed by atoms with E-state index >= 15 is 0 Å². The van der Waals surface area contributed by atoms with Crippen molar-refractivity contribution >= 4 is 0 Å². The highest BCUT2D eigenvalue weighted by Crippen LogP contribution is 2.33. The fraction of sp³-hybridized carbons (Fsp3) is 0.758. The molecule has 18 heteroatoms. The third-order valence-electron chi connectivity index (χ3n) is 10.1. The molecule has 51 heavy (non-hydrogen) atoms. The van der Waals surface area contributed by atoms with Crippen molar-refractivity contribution < 1.29 is 79.9 Å². The van der Waals surface area contributed by atoms with Crippen LogP contribution in [0.3, 0.4) is 0 Å². The molecule has 0 saturated carbocycles. The number of rotatable bonds is 12. The van der Waals surface area contributed by atoms with E-state index in [0.717, 1.165) is 5.56 Å². The van der Waals surface area contributed by atoms with Crippen LogP contribution in [0.4, 0.5) is 0 Å². The van der Waals surface area contributed by atoms with Crippen molar-refractivity contribution in [1.82, 2.24) is 10.6 Å². The smallest absolute Gasteiger partial charge is 0.187 e. The molecule has 19 unspecified atom stereocenters. The molecule has 19 atom stereocenters. The van der Waals surface area contributed by atoms with E-state index in [-0.39, 0.29) is 6.54 Å². The zero-order valence-corrected chi connectivity index (χ0v) is 28.2. The molecule has 1 aromatic rings. The SMILES string of the molecule is CCC1=CC(NC2C(C)OC(OC3C(CO)OC(OC4C(CO)OC(NCc5ccccc5)C(O)C4O)C(O)C3O)C(O)C2O)C(O)C(O)C1O. The van der Waals surface area contributed by atoms with Gasteiger partial charge in [0, 0.05) is 6.54 Å². The highest BCUT2D eigenvalue weighted by Gasteiger charge is 2.53. The van der Waals surface area contributed by atoms with Crippen LogP contribution in [-0.2, 0) is 30.2 Å². The summed E-state index contributed by atoms with van der Waals surface area (Å²) in [7, 11) is 0. The molecule has 3 aliphatic heterocycles. The van der Waals surface area contributed by atoms with Gasteiger partial charge in [-0.25, -0.2) is 0 Å². The molecule has 5 rings (SSSR count). The van der Waals surface area contributed by atoms with Crippen molar-refractivity contribution in [3.05, 3.63) is 47.5 Å². The third kappa shape index (κ3) is 8.64. The molecule has 0 amide bonds. The molecule has 18 nitrogen and oxygen atoms in total. The number of aliphatic hydroxyl groups excluding tert-OH is 11. The van der Waals surface area contributed by atoms with E-state index in [0.29, 0.717) is 12.0 Å². The first-order valence-corrected chi connectivity index (χ1v) is 17.2. The van der Waals surface area contributed by atoms with Gasteiger partial charge in [-0.2, -0.15) is 0 Å². The summed E-state index contributed by atoms with van der Waals surface area (Å²) in [6, 6.07) is 7.27. The van der Waals surface area contributed by atoms with Crippen LogP contribution in [0.25, 0.3) is 0 Å². The van der Waals surface area contributed by atoms with Gasteiger partial charge in [-0.05, 0) is 24.5 Å². The summed E-state index contributed by atoms with van der Waals surface area (Å²) in [4.78, 5) is 0. The summed E-state index contributed by atoms with van der Waals surface area (Å²) in [6.45, 7) is 2.13. The Bertz CT molecular complexity index is 1260. The standard InChI is InChI=1S/C33H52N2O16/c1-3-15-9-16(21(39)23(41)20(15)38)35-19-13(2)47-32(27(45)22(19)40)50-30-18(12-37)49-33(28(46)25(30)43)51-29-17(11-36)48-31(26(44)24(29)42)34-10-14-7-5-4-6-8-14/h4-9,13,16-46H,3,10-12H2,1-2H3. The predicted molar refractivity (Wildman–Crippen MR) is 172 cm³/mol. The Morgan fingerprint density at radius 2 is 1.24 bits per heavy atom. The minimum Gasteiger partial charge on any atom is -0.394 e. The summed E-state index contributed by atoms with van der Waals surface area (Å²) in [6.07, 6.45) is -23.5. The lowest BCUT2D eigenvalue weighted by Crippen LogP contribution is -2.68. The minimum absolute atomic E-state index is 0.275. The average molecular weight is 733 g/mol. The van der Waals surface area contributed by atoms with Crippen molar-refractivity contribution in [3.8, 4) is 0 Å². The fourth-order valence-electron chi connectivity index (χ4n) is 7.00. The molecule has 13 N–H and O–H groups in total. The van der Waals surface area contributed by atoms with Gasteiger partial charge in [0.2, 0.25) is 0 Å². The van der Waals surface area contributed by atoms with E-state index in [4.69, 9.17) is 23.7 Å². The number of benzene rings is 1. The third-order valence-corrected chi connectivity index (χ3v) is 10.1. The van der Waals surface area contributed by atoms with Crippen molar-refractivity contribution in [3.63, 3.8) is 0 Å². The lowest BCUT2D eigenvalue weighted by molar-refractivity contribution is -0.368. The Morgan fingerprint density at radius 1 is 0.667 bits per heavy atom. The highest BCUT2D eigenvalue weighted by atomic mass is 16.7. The normalized spacial score (nSPS) is 46.5. The van der Waals surface area contributed by atoms with Gasteiger partial charge in [-0.3, -0.25) is 5.32 Å². The van der Waals surface area contributed by atoms with Crippen molar-refractivity contribution in [2.75, 3.05) is 13.2 Å². The Labute approximate surface area is 294 Å². The second-order valence-electron chi connectivity index (χ2n) is 13.5. The monoisotopic (exact) mass is 732 g/mol. The fourth-order valence-corrected chi connectivity index (χ4v) is 7.00. The molecule has 3 fully saturated rings. The Hall–Kier alpha value is -1.76. The van der Waals surface area contributed by atoms with Crippen LogP contribution in [0.1, 0.15) is 25.8 Å². The Morgan fingerprint density at radius 3 is 1.84 bits per heavy atom. The minimum atomic E-state index is -1.89. The van der Waals surface area contributed by atoms with Gasteiger partial charge in [0.25, 0.3) is 0 Å². The van der Waals surface area contributed by atoms with Gasteiger partial charge in [0.15, 0.2) is 12.6 Å². The maximum atomic E-state index is 11.1. The second-order valence-corrected chi connectivity index (χ2v) is 13.5. The topological polar surface area (TPSA) is 293 Å².